The number of anilines is 2. The molecule has 0 atom stereocenters. The largest absolute Gasteiger partial charge is 0.496 e. The molecule has 6 nitrogen and oxygen atoms in total. The number of carbonyl (C=O) groups is 1. The quantitative estimate of drug-likeness (QED) is 0.593. The zero-order valence-corrected chi connectivity index (χ0v) is 17.9. The van der Waals surface area contributed by atoms with Gasteiger partial charge in [0, 0.05) is 41.8 Å². The van der Waals surface area contributed by atoms with E-state index in [1.54, 1.807) is 12.1 Å². The van der Waals surface area contributed by atoms with Crippen LogP contribution in [0.2, 0.25) is 0 Å². The molecule has 1 N–H and O–H groups in total. The lowest BCUT2D eigenvalue weighted by Gasteiger charge is -2.28. The Morgan fingerprint density at radius 1 is 1.09 bits per heavy atom. The maximum Gasteiger partial charge on any atom is 0.418 e. The Balaban J connectivity index is 1.54. The zero-order valence-electron chi connectivity index (χ0n) is 17.9. The monoisotopic (exact) mass is 457 g/mol. The smallest absolute Gasteiger partial charge is 0.418 e. The first kappa shape index (κ1) is 22.6. The van der Waals surface area contributed by atoms with E-state index in [-0.39, 0.29) is 22.6 Å². The minimum Gasteiger partial charge on any atom is -0.496 e. The summed E-state index contributed by atoms with van der Waals surface area (Å²) in [5.74, 6) is -0.287. The van der Waals surface area contributed by atoms with Crippen molar-refractivity contribution in [1.82, 2.24) is 4.98 Å². The van der Waals surface area contributed by atoms with Gasteiger partial charge < -0.3 is 19.7 Å². The van der Waals surface area contributed by atoms with Crippen molar-refractivity contribution in [3.63, 3.8) is 0 Å². The molecule has 1 saturated heterocycles. The number of aromatic nitrogens is 1. The fourth-order valence-corrected chi connectivity index (χ4v) is 3.66. The molecular formula is C24H22F3N3O3. The second-order valence-corrected chi connectivity index (χ2v) is 7.41. The lowest BCUT2D eigenvalue weighted by atomic mass is 10.0. The van der Waals surface area contributed by atoms with Gasteiger partial charge >= 0.3 is 6.18 Å². The molecule has 0 bridgehead atoms. The summed E-state index contributed by atoms with van der Waals surface area (Å²) in [4.78, 5) is 18.9. The number of amides is 1. The van der Waals surface area contributed by atoms with E-state index in [9.17, 15) is 18.0 Å². The summed E-state index contributed by atoms with van der Waals surface area (Å²) in [6.45, 7) is 2.98. The van der Waals surface area contributed by atoms with Crippen molar-refractivity contribution in [2.75, 3.05) is 43.6 Å². The molecule has 0 aliphatic carbocycles. The Bertz CT molecular complexity index is 1130. The molecule has 0 radical (unpaired) electrons. The van der Waals surface area contributed by atoms with Gasteiger partial charge in [-0.05, 0) is 54.6 Å². The molecule has 3 aromatic rings. The van der Waals surface area contributed by atoms with Crippen molar-refractivity contribution in [2.24, 2.45) is 0 Å². The number of rotatable bonds is 5. The van der Waals surface area contributed by atoms with Crippen molar-refractivity contribution in [1.29, 1.82) is 0 Å². The number of nitrogens with one attached hydrogen (secondary N) is 1. The highest BCUT2D eigenvalue weighted by Crippen LogP contribution is 2.39. The fourth-order valence-electron chi connectivity index (χ4n) is 3.66. The van der Waals surface area contributed by atoms with Gasteiger partial charge in [0.2, 0.25) is 0 Å². The van der Waals surface area contributed by atoms with Crippen LogP contribution in [0, 0.1) is 0 Å². The fraction of sp³-hybridized carbons (Fsp3) is 0.250. The average molecular weight is 457 g/mol. The lowest BCUT2D eigenvalue weighted by Crippen LogP contribution is -2.36. The van der Waals surface area contributed by atoms with E-state index in [0.717, 1.165) is 24.8 Å². The number of pyridine rings is 1. The second kappa shape index (κ2) is 9.50. The number of morpholine rings is 1. The molecule has 1 aliphatic heterocycles. The van der Waals surface area contributed by atoms with E-state index in [2.05, 4.69) is 15.2 Å². The van der Waals surface area contributed by atoms with Gasteiger partial charge in [-0.2, -0.15) is 13.2 Å². The average Bonchev–Trinajstić information content (AvgIpc) is 2.84. The van der Waals surface area contributed by atoms with Crippen LogP contribution in [0.3, 0.4) is 0 Å². The summed E-state index contributed by atoms with van der Waals surface area (Å²) >= 11 is 0. The van der Waals surface area contributed by atoms with Crippen LogP contribution in [0.5, 0.6) is 5.75 Å². The Morgan fingerprint density at radius 2 is 1.82 bits per heavy atom. The predicted molar refractivity (Wildman–Crippen MR) is 119 cm³/mol. The van der Waals surface area contributed by atoms with Crippen LogP contribution in [-0.2, 0) is 10.9 Å². The topological polar surface area (TPSA) is 63.7 Å². The molecule has 1 fully saturated rings. The first-order valence-electron chi connectivity index (χ1n) is 10.3. The van der Waals surface area contributed by atoms with Gasteiger partial charge in [-0.25, -0.2) is 0 Å². The minimum atomic E-state index is -4.57. The van der Waals surface area contributed by atoms with Crippen molar-refractivity contribution < 1.29 is 27.4 Å². The highest BCUT2D eigenvalue weighted by molar-refractivity contribution is 6.05. The van der Waals surface area contributed by atoms with Crippen LogP contribution in [0.4, 0.5) is 24.5 Å². The molecule has 9 heteroatoms. The van der Waals surface area contributed by atoms with Gasteiger partial charge in [0.1, 0.15) is 5.75 Å². The summed E-state index contributed by atoms with van der Waals surface area (Å²) in [6, 6.07) is 13.9. The molecule has 2 aromatic carbocycles. The molecule has 1 aliphatic rings. The zero-order chi connectivity index (χ0) is 23.4. The van der Waals surface area contributed by atoms with Crippen LogP contribution >= 0.6 is 0 Å². The van der Waals surface area contributed by atoms with Crippen LogP contribution in [-0.4, -0.2) is 44.3 Å². The van der Waals surface area contributed by atoms with Crippen molar-refractivity contribution >= 4 is 17.3 Å². The predicted octanol–water partition coefficient (Wildman–Crippen LogP) is 4.86. The van der Waals surface area contributed by atoms with Crippen molar-refractivity contribution in [3.05, 3.63) is 71.9 Å². The van der Waals surface area contributed by atoms with Crippen LogP contribution < -0.4 is 15.0 Å². The number of carbonyl (C=O) groups excluding carboxylic acids is 1. The first-order chi connectivity index (χ1) is 15.9. The molecule has 2 heterocycles. The van der Waals surface area contributed by atoms with Crippen LogP contribution in [0.1, 0.15) is 15.9 Å². The molecule has 0 unspecified atom stereocenters. The van der Waals surface area contributed by atoms with E-state index >= 15 is 0 Å². The molecule has 0 spiro atoms. The standard InChI is InChI=1S/C24H22F3N3O3/c1-32-21-15-16(4-9-19(21)22-20(24(25,26)27)3-2-10-28-22)23(31)29-17-5-7-18(8-6-17)30-11-13-33-14-12-30/h2-10,15H,11-14H2,1H3,(H,29,31). The van der Waals surface area contributed by atoms with Gasteiger partial charge in [0.25, 0.3) is 5.91 Å². The molecule has 1 amide bonds. The molecule has 0 saturated carbocycles. The highest BCUT2D eigenvalue weighted by atomic mass is 19.4. The highest BCUT2D eigenvalue weighted by Gasteiger charge is 2.35. The SMILES string of the molecule is COc1cc(C(=O)Nc2ccc(N3CCOCC3)cc2)ccc1-c1ncccc1C(F)(F)F. The Morgan fingerprint density at radius 3 is 2.48 bits per heavy atom. The Kier molecular flexibility index (Phi) is 6.50. The van der Waals surface area contributed by atoms with Gasteiger partial charge in [-0.1, -0.05) is 0 Å². The van der Waals surface area contributed by atoms with E-state index in [0.29, 0.717) is 18.9 Å². The van der Waals surface area contributed by atoms with Crippen molar-refractivity contribution in [2.45, 2.75) is 6.18 Å². The Labute approximate surface area is 189 Å². The number of benzene rings is 2. The number of nitrogens with zero attached hydrogens (tertiary/aromatic N) is 2. The number of hydrogen-bond acceptors (Lipinski definition) is 5. The summed E-state index contributed by atoms with van der Waals surface area (Å²) in [7, 11) is 1.33. The molecule has 172 valence electrons. The van der Waals surface area contributed by atoms with E-state index in [4.69, 9.17) is 9.47 Å². The number of hydrogen-bond donors (Lipinski definition) is 1. The van der Waals surface area contributed by atoms with Crippen LogP contribution in [0.15, 0.2) is 60.8 Å². The normalized spacial score (nSPS) is 14.1. The molecule has 33 heavy (non-hydrogen) atoms. The van der Waals surface area contributed by atoms with Gasteiger partial charge in [-0.3, -0.25) is 9.78 Å². The maximum atomic E-state index is 13.4. The van der Waals surface area contributed by atoms with Gasteiger partial charge in [-0.15, -0.1) is 0 Å². The number of alkyl halides is 3. The summed E-state index contributed by atoms with van der Waals surface area (Å²) < 4.78 is 50.9. The summed E-state index contributed by atoms with van der Waals surface area (Å²) in [6.07, 6.45) is -3.29. The second-order valence-electron chi connectivity index (χ2n) is 7.41. The van der Waals surface area contributed by atoms with Crippen LogP contribution in [0.25, 0.3) is 11.3 Å². The maximum absolute atomic E-state index is 13.4. The van der Waals surface area contributed by atoms with Gasteiger partial charge in [0.05, 0.1) is 31.6 Å². The first-order valence-corrected chi connectivity index (χ1v) is 10.3. The minimum absolute atomic E-state index is 0.120. The third-order valence-electron chi connectivity index (χ3n) is 5.33. The third-order valence-corrected chi connectivity index (χ3v) is 5.33. The summed E-state index contributed by atoms with van der Waals surface area (Å²) in [5.41, 5.74) is 0.907. The third kappa shape index (κ3) is 5.09. The molecular weight excluding hydrogens is 435 g/mol. The number of methoxy groups -OCH3 is 1. The van der Waals surface area contributed by atoms with Gasteiger partial charge in [0.15, 0.2) is 0 Å². The van der Waals surface area contributed by atoms with E-state index in [1.165, 1.54) is 37.6 Å². The Hall–Kier alpha value is -3.59. The summed E-state index contributed by atoms with van der Waals surface area (Å²) in [5, 5.41) is 2.80. The van der Waals surface area contributed by atoms with E-state index in [1.807, 2.05) is 12.1 Å². The van der Waals surface area contributed by atoms with Crippen molar-refractivity contribution in [3.8, 4) is 17.0 Å². The van der Waals surface area contributed by atoms with E-state index < -0.39 is 17.6 Å². The lowest BCUT2D eigenvalue weighted by molar-refractivity contribution is -0.137. The number of halogens is 3. The molecule has 4 rings (SSSR count). The molecule has 1 aromatic heterocycles. The number of ether oxygens (including phenoxy) is 2.